The van der Waals surface area contributed by atoms with E-state index in [1.807, 2.05) is 24.3 Å². The van der Waals surface area contributed by atoms with Crippen LogP contribution in [-0.2, 0) is 0 Å². The highest BCUT2D eigenvalue weighted by Crippen LogP contribution is 2.21. The van der Waals surface area contributed by atoms with Crippen molar-refractivity contribution in [3.8, 4) is 5.75 Å². The largest absolute Gasteiger partial charge is 0.494 e. The molecule has 0 heterocycles. The second kappa shape index (κ2) is 9.26. The first kappa shape index (κ1) is 19.0. The second-order valence-electron chi connectivity index (χ2n) is 6.63. The van der Waals surface area contributed by atoms with E-state index in [1.54, 1.807) is 0 Å². The molecule has 134 valence electrons. The zero-order valence-corrected chi connectivity index (χ0v) is 15.7. The summed E-state index contributed by atoms with van der Waals surface area (Å²) in [6.07, 6.45) is 1.82. The fourth-order valence-electron chi connectivity index (χ4n) is 2.70. The summed E-state index contributed by atoms with van der Waals surface area (Å²) in [4.78, 5) is 12.5. The van der Waals surface area contributed by atoms with Gasteiger partial charge in [0.25, 0.3) is 5.91 Å². The third kappa shape index (κ3) is 5.35. The summed E-state index contributed by atoms with van der Waals surface area (Å²) in [5.41, 5.74) is 3.11. The maximum absolute atomic E-state index is 12.5. The minimum absolute atomic E-state index is 0.0183. The summed E-state index contributed by atoms with van der Waals surface area (Å²) in [5, 5.41) is 3.13. The van der Waals surface area contributed by atoms with Crippen LogP contribution in [0.1, 0.15) is 74.0 Å². The Morgan fingerprint density at radius 3 is 2.08 bits per heavy atom. The highest BCUT2D eigenvalue weighted by molar-refractivity contribution is 5.94. The van der Waals surface area contributed by atoms with Gasteiger partial charge in [-0.2, -0.15) is 0 Å². The lowest BCUT2D eigenvalue weighted by molar-refractivity contribution is 0.0935. The van der Waals surface area contributed by atoms with Gasteiger partial charge in [-0.25, -0.2) is 0 Å². The van der Waals surface area contributed by atoms with Crippen molar-refractivity contribution in [1.82, 2.24) is 5.32 Å². The molecule has 0 radical (unpaired) electrons. The van der Waals surface area contributed by atoms with E-state index in [4.69, 9.17) is 4.74 Å². The fraction of sp³-hybridized carbons (Fsp3) is 0.409. The number of rotatable bonds is 8. The lowest BCUT2D eigenvalue weighted by atomic mass is 9.98. The Kier molecular flexibility index (Phi) is 7.05. The lowest BCUT2D eigenvalue weighted by Crippen LogP contribution is -2.28. The molecule has 0 aliphatic heterocycles. The van der Waals surface area contributed by atoms with Gasteiger partial charge in [0.1, 0.15) is 5.75 Å². The average Bonchev–Trinajstić information content (AvgIpc) is 2.64. The number of carbonyl (C=O) groups is 1. The van der Waals surface area contributed by atoms with E-state index in [0.29, 0.717) is 18.1 Å². The maximum Gasteiger partial charge on any atom is 0.251 e. The molecule has 0 fully saturated rings. The Balaban J connectivity index is 2.03. The molecule has 0 unspecified atom stereocenters. The predicted octanol–water partition coefficient (Wildman–Crippen LogP) is 5.48. The number of carbonyl (C=O) groups excluding carboxylic acids is 1. The smallest absolute Gasteiger partial charge is 0.251 e. The number of benzene rings is 2. The minimum Gasteiger partial charge on any atom is -0.494 e. The van der Waals surface area contributed by atoms with Crippen molar-refractivity contribution in [2.45, 2.75) is 52.5 Å². The first-order valence-electron chi connectivity index (χ1n) is 9.18. The molecular formula is C22H29NO2. The van der Waals surface area contributed by atoms with Crippen LogP contribution < -0.4 is 10.1 Å². The van der Waals surface area contributed by atoms with Crippen LogP contribution in [0.25, 0.3) is 0 Å². The van der Waals surface area contributed by atoms with E-state index in [0.717, 1.165) is 24.2 Å². The molecule has 2 rings (SSSR count). The number of nitrogens with one attached hydrogen (secondary N) is 1. The summed E-state index contributed by atoms with van der Waals surface area (Å²) in [6, 6.07) is 15.9. The molecule has 1 atom stereocenters. The van der Waals surface area contributed by atoms with Gasteiger partial charge in [0.2, 0.25) is 0 Å². The summed E-state index contributed by atoms with van der Waals surface area (Å²) < 4.78 is 5.56. The minimum atomic E-state index is -0.0539. The van der Waals surface area contributed by atoms with Crippen LogP contribution >= 0.6 is 0 Å². The molecule has 25 heavy (non-hydrogen) atoms. The quantitative estimate of drug-likeness (QED) is 0.691. The number of hydrogen-bond acceptors (Lipinski definition) is 2. The summed E-state index contributed by atoms with van der Waals surface area (Å²) in [5.74, 6) is 1.26. The predicted molar refractivity (Wildman–Crippen MR) is 103 cm³/mol. The van der Waals surface area contributed by atoms with Gasteiger partial charge in [-0.3, -0.25) is 4.79 Å². The first-order valence-corrected chi connectivity index (χ1v) is 9.18. The molecule has 2 aromatic rings. The van der Waals surface area contributed by atoms with Gasteiger partial charge in [0.05, 0.1) is 12.6 Å². The van der Waals surface area contributed by atoms with Gasteiger partial charge in [-0.1, -0.05) is 52.0 Å². The first-order chi connectivity index (χ1) is 12.0. The van der Waals surface area contributed by atoms with E-state index >= 15 is 0 Å². The molecule has 0 aliphatic rings. The Morgan fingerprint density at radius 2 is 1.56 bits per heavy atom. The molecule has 1 N–H and O–H groups in total. The molecular weight excluding hydrogens is 310 g/mol. The van der Waals surface area contributed by atoms with Gasteiger partial charge in [0.15, 0.2) is 0 Å². The number of amides is 1. The Labute approximate surface area is 151 Å². The number of hydrogen-bond donors (Lipinski definition) is 1. The van der Waals surface area contributed by atoms with Crippen LogP contribution in [0, 0.1) is 0 Å². The van der Waals surface area contributed by atoms with E-state index in [9.17, 15) is 4.79 Å². The Hall–Kier alpha value is -2.29. The molecule has 0 aliphatic carbocycles. The standard InChI is InChI=1S/C22H29NO2/c1-5-15-25-20-13-11-19(12-14-20)22(24)23-21(6-2)18-9-7-17(8-10-18)16(3)4/h7-14,16,21H,5-6,15H2,1-4H3,(H,23,24)/t21-/m0/s1. The van der Waals surface area contributed by atoms with Crippen LogP contribution in [0.2, 0.25) is 0 Å². The average molecular weight is 339 g/mol. The van der Waals surface area contributed by atoms with Gasteiger partial charge >= 0.3 is 0 Å². The third-order valence-electron chi connectivity index (χ3n) is 4.31. The maximum atomic E-state index is 12.5. The van der Waals surface area contributed by atoms with Gasteiger partial charge < -0.3 is 10.1 Å². The topological polar surface area (TPSA) is 38.3 Å². The summed E-state index contributed by atoms with van der Waals surface area (Å²) in [6.45, 7) is 9.21. The monoisotopic (exact) mass is 339 g/mol. The molecule has 1 amide bonds. The van der Waals surface area contributed by atoms with Gasteiger partial charge in [0, 0.05) is 5.56 Å². The van der Waals surface area contributed by atoms with Crippen LogP contribution in [0.4, 0.5) is 0 Å². The van der Waals surface area contributed by atoms with Crippen molar-refractivity contribution in [3.63, 3.8) is 0 Å². The Morgan fingerprint density at radius 1 is 0.960 bits per heavy atom. The normalized spacial score (nSPS) is 12.0. The highest BCUT2D eigenvalue weighted by atomic mass is 16.5. The molecule has 3 heteroatoms. The van der Waals surface area contributed by atoms with Crippen LogP contribution in [-0.4, -0.2) is 12.5 Å². The van der Waals surface area contributed by atoms with E-state index < -0.39 is 0 Å². The van der Waals surface area contributed by atoms with Crippen molar-refractivity contribution in [1.29, 1.82) is 0 Å². The van der Waals surface area contributed by atoms with Crippen LogP contribution in [0.5, 0.6) is 5.75 Å². The van der Waals surface area contributed by atoms with E-state index in [-0.39, 0.29) is 11.9 Å². The van der Waals surface area contributed by atoms with Crippen molar-refractivity contribution < 1.29 is 9.53 Å². The summed E-state index contributed by atoms with van der Waals surface area (Å²) >= 11 is 0. The second-order valence-corrected chi connectivity index (χ2v) is 6.63. The van der Waals surface area contributed by atoms with Crippen molar-refractivity contribution in [3.05, 3.63) is 65.2 Å². The molecule has 0 spiro atoms. The SMILES string of the molecule is CCCOc1ccc(C(=O)N[C@@H](CC)c2ccc(C(C)C)cc2)cc1. The molecule has 0 saturated carbocycles. The molecule has 0 saturated heterocycles. The zero-order valence-electron chi connectivity index (χ0n) is 15.7. The zero-order chi connectivity index (χ0) is 18.2. The van der Waals surface area contributed by atoms with Crippen molar-refractivity contribution >= 4 is 5.91 Å². The van der Waals surface area contributed by atoms with Gasteiger partial charge in [-0.15, -0.1) is 0 Å². The number of ether oxygens (including phenoxy) is 1. The Bertz CT molecular complexity index is 659. The fourth-order valence-corrected chi connectivity index (χ4v) is 2.70. The van der Waals surface area contributed by atoms with Crippen LogP contribution in [0.15, 0.2) is 48.5 Å². The van der Waals surface area contributed by atoms with Crippen molar-refractivity contribution in [2.24, 2.45) is 0 Å². The van der Waals surface area contributed by atoms with Crippen LogP contribution in [0.3, 0.4) is 0 Å². The summed E-state index contributed by atoms with van der Waals surface area (Å²) in [7, 11) is 0. The van der Waals surface area contributed by atoms with E-state index in [1.165, 1.54) is 5.56 Å². The third-order valence-corrected chi connectivity index (χ3v) is 4.31. The highest BCUT2D eigenvalue weighted by Gasteiger charge is 2.14. The lowest BCUT2D eigenvalue weighted by Gasteiger charge is -2.18. The van der Waals surface area contributed by atoms with Crippen molar-refractivity contribution in [2.75, 3.05) is 6.61 Å². The molecule has 0 aromatic heterocycles. The van der Waals surface area contributed by atoms with Gasteiger partial charge in [-0.05, 0) is 54.2 Å². The van der Waals surface area contributed by atoms with E-state index in [2.05, 4.69) is 57.3 Å². The molecule has 3 nitrogen and oxygen atoms in total. The molecule has 0 bridgehead atoms. The molecule has 2 aromatic carbocycles.